The minimum absolute atomic E-state index is 0.0345. The van der Waals surface area contributed by atoms with Crippen molar-refractivity contribution < 1.29 is 24.3 Å². The van der Waals surface area contributed by atoms with Crippen molar-refractivity contribution in [2.24, 2.45) is 23.7 Å². The van der Waals surface area contributed by atoms with Crippen LogP contribution in [0.4, 0.5) is 0 Å². The summed E-state index contributed by atoms with van der Waals surface area (Å²) >= 11 is 0. The van der Waals surface area contributed by atoms with Gasteiger partial charge in [0.1, 0.15) is 5.75 Å². The molecule has 57 heavy (non-hydrogen) atoms. The number of fused-ring (bicyclic) bond motifs is 5. The summed E-state index contributed by atoms with van der Waals surface area (Å²) < 4.78 is 0. The Labute approximate surface area is 332 Å². The second-order valence-corrected chi connectivity index (χ2v) is 16.5. The molecule has 5 aromatic carbocycles. The molecule has 2 saturated heterocycles. The lowest BCUT2D eigenvalue weighted by atomic mass is 9.44. The maximum Gasteiger partial charge on any atom is 0.233 e. The first kappa shape index (κ1) is 35.5. The maximum absolute atomic E-state index is 15.5. The number of rotatable bonds is 6. The summed E-state index contributed by atoms with van der Waals surface area (Å²) in [5.74, 6) is -3.95. The topological polar surface area (TPSA) is 95.0 Å². The van der Waals surface area contributed by atoms with Gasteiger partial charge in [-0.15, -0.1) is 0 Å². The summed E-state index contributed by atoms with van der Waals surface area (Å²) in [6, 6.07) is 40.4. The van der Waals surface area contributed by atoms with Gasteiger partial charge in [-0.05, 0) is 71.2 Å². The highest BCUT2D eigenvalue weighted by Gasteiger charge is 2.66. The van der Waals surface area contributed by atoms with E-state index >= 15 is 9.59 Å². The van der Waals surface area contributed by atoms with Crippen molar-refractivity contribution in [2.45, 2.75) is 49.6 Å². The fourth-order valence-electron chi connectivity index (χ4n) is 11.3. The van der Waals surface area contributed by atoms with Crippen molar-refractivity contribution >= 4 is 39.7 Å². The van der Waals surface area contributed by atoms with Crippen molar-refractivity contribution in [1.29, 1.82) is 0 Å². The fourth-order valence-corrected chi connectivity index (χ4v) is 11.3. The molecule has 7 heteroatoms. The highest BCUT2D eigenvalue weighted by atomic mass is 16.3. The summed E-state index contributed by atoms with van der Waals surface area (Å²) in [6.07, 6.45) is 5.62. The summed E-state index contributed by atoms with van der Waals surface area (Å²) in [5, 5.41) is 13.7. The van der Waals surface area contributed by atoms with Gasteiger partial charge >= 0.3 is 0 Å². The number of hydrogen-bond acceptors (Lipinski definition) is 6. The van der Waals surface area contributed by atoms with Gasteiger partial charge in [0, 0.05) is 48.6 Å². The van der Waals surface area contributed by atoms with Gasteiger partial charge in [-0.25, -0.2) is 0 Å². The molecule has 6 atom stereocenters. The van der Waals surface area contributed by atoms with Gasteiger partial charge in [-0.1, -0.05) is 133 Å². The van der Waals surface area contributed by atoms with Gasteiger partial charge in [0.2, 0.25) is 11.8 Å². The fraction of sp³-hybridized carbons (Fsp3) is 0.280. The van der Waals surface area contributed by atoms with E-state index in [9.17, 15) is 14.7 Å². The number of phenolic OH excluding ortho intramolecular Hbond substituents is 1. The Morgan fingerprint density at radius 1 is 0.702 bits per heavy atom. The first-order valence-corrected chi connectivity index (χ1v) is 20.3. The van der Waals surface area contributed by atoms with Crippen LogP contribution < -0.4 is 0 Å². The van der Waals surface area contributed by atoms with Crippen LogP contribution in [-0.2, 0) is 31.1 Å². The van der Waals surface area contributed by atoms with Gasteiger partial charge in [0.25, 0.3) is 0 Å². The molecule has 10 rings (SSSR count). The number of piperidine rings is 1. The van der Waals surface area contributed by atoms with Crippen LogP contribution in [0.25, 0.3) is 16.3 Å². The molecule has 1 saturated carbocycles. The number of allylic oxidation sites excluding steroid dienone is 4. The lowest BCUT2D eigenvalue weighted by Crippen LogP contribution is -2.59. The van der Waals surface area contributed by atoms with Crippen molar-refractivity contribution in [2.75, 3.05) is 13.1 Å². The third-order valence-electron chi connectivity index (χ3n) is 13.8. The van der Waals surface area contributed by atoms with Gasteiger partial charge in [-0.2, -0.15) is 0 Å². The SMILES string of the molecule is O=C1C(c2ccccc2)=CC(=O)[C@@]2(c3ccccc3)[C@@H](c3c(O)ccc4ccccc34)C3=CC[C@@H]4C(=O)N(C5CCN(Cc6ccccc6)CC5)C(=O)[C@@H]4[C@@H]3C[C@@H]12. The molecule has 0 radical (unpaired) electrons. The minimum Gasteiger partial charge on any atom is -0.508 e. The zero-order valence-electron chi connectivity index (χ0n) is 31.7. The molecule has 0 spiro atoms. The number of Topliss-reactive ketones (excluding diaryl/α,β-unsaturated/α-hetero) is 1. The number of benzene rings is 5. The van der Waals surface area contributed by atoms with Crippen LogP contribution in [0.3, 0.4) is 0 Å². The predicted octanol–water partition coefficient (Wildman–Crippen LogP) is 8.03. The van der Waals surface area contributed by atoms with Crippen LogP contribution in [0, 0.1) is 23.7 Å². The molecule has 2 aliphatic heterocycles. The smallest absolute Gasteiger partial charge is 0.233 e. The van der Waals surface area contributed by atoms with Gasteiger partial charge in [-0.3, -0.25) is 29.0 Å². The van der Waals surface area contributed by atoms with Crippen LogP contribution in [0.1, 0.15) is 53.9 Å². The highest BCUT2D eigenvalue weighted by molar-refractivity contribution is 6.32. The molecule has 2 amide bonds. The van der Waals surface area contributed by atoms with Gasteiger partial charge in [0.05, 0.1) is 17.3 Å². The number of imide groups is 1. The molecule has 1 N–H and O–H groups in total. The molecular weight excluding hydrogens is 709 g/mol. The zero-order chi connectivity index (χ0) is 38.8. The van der Waals surface area contributed by atoms with E-state index < -0.39 is 35.0 Å². The molecule has 2 heterocycles. The molecule has 5 aromatic rings. The average Bonchev–Trinajstić information content (AvgIpc) is 3.51. The normalized spacial score (nSPS) is 27.8. The molecule has 5 aliphatic rings. The van der Waals surface area contributed by atoms with E-state index in [2.05, 4.69) is 23.1 Å². The Bertz CT molecular complexity index is 2490. The van der Waals surface area contributed by atoms with E-state index in [1.807, 2.05) is 109 Å². The second kappa shape index (κ2) is 13.9. The van der Waals surface area contributed by atoms with E-state index in [4.69, 9.17) is 0 Å². The number of hydrogen-bond donors (Lipinski definition) is 1. The number of likely N-dealkylation sites (tertiary alicyclic amines) is 2. The largest absolute Gasteiger partial charge is 0.508 e. The Balaban J connectivity index is 1.10. The maximum atomic E-state index is 15.5. The number of phenols is 1. The van der Waals surface area contributed by atoms with E-state index in [-0.39, 0.29) is 41.6 Å². The van der Waals surface area contributed by atoms with Crippen molar-refractivity contribution in [3.63, 3.8) is 0 Å². The number of carbonyl (C=O) groups excluding carboxylic acids is 4. The number of ketones is 2. The van der Waals surface area contributed by atoms with Crippen LogP contribution in [0.2, 0.25) is 0 Å². The average molecular weight is 753 g/mol. The van der Waals surface area contributed by atoms with Crippen LogP contribution in [-0.4, -0.2) is 57.4 Å². The predicted molar refractivity (Wildman–Crippen MR) is 219 cm³/mol. The standard InChI is InChI=1S/C50H44N2O5/c53-42-23-20-33-16-10-11-19-36(33)45(42)46-37-21-22-38-44(49(57)52(48(38)56)35-24-26-51(27-25-35)30-31-12-4-1-5-13-31)40(37)28-41-47(55)39(32-14-6-2-7-15-32)29-43(54)50(41,46)34-17-8-3-9-18-34/h1-21,23,29,35,38,40-41,44,46,53H,22,24-28,30H2/t38-,40+,41-,44-,46+,50-/m0/s1. The van der Waals surface area contributed by atoms with Crippen LogP contribution in [0.15, 0.2) is 145 Å². The zero-order valence-corrected chi connectivity index (χ0v) is 31.7. The molecular formula is C50H44N2O5. The van der Waals surface area contributed by atoms with E-state index in [0.717, 1.165) is 36.0 Å². The van der Waals surface area contributed by atoms with Gasteiger partial charge in [0.15, 0.2) is 11.6 Å². The number of amides is 2. The quantitative estimate of drug-likeness (QED) is 0.140. The monoisotopic (exact) mass is 752 g/mol. The molecule has 7 nitrogen and oxygen atoms in total. The molecule has 284 valence electrons. The Kier molecular flexibility index (Phi) is 8.67. The summed E-state index contributed by atoms with van der Waals surface area (Å²) in [5.41, 5.74) is 3.00. The third-order valence-corrected chi connectivity index (χ3v) is 13.8. The summed E-state index contributed by atoms with van der Waals surface area (Å²) in [4.78, 5) is 64.2. The van der Waals surface area contributed by atoms with Crippen molar-refractivity contribution in [1.82, 2.24) is 9.80 Å². The first-order valence-electron chi connectivity index (χ1n) is 20.3. The van der Waals surface area contributed by atoms with Crippen LogP contribution >= 0.6 is 0 Å². The molecule has 3 aliphatic carbocycles. The van der Waals surface area contributed by atoms with Gasteiger partial charge < -0.3 is 5.11 Å². The Morgan fingerprint density at radius 3 is 2.11 bits per heavy atom. The summed E-state index contributed by atoms with van der Waals surface area (Å²) in [7, 11) is 0. The minimum atomic E-state index is -1.41. The highest BCUT2D eigenvalue weighted by Crippen LogP contribution is 2.65. The number of carbonyl (C=O) groups is 4. The second-order valence-electron chi connectivity index (χ2n) is 16.5. The molecule has 0 aromatic heterocycles. The molecule has 0 bridgehead atoms. The first-order chi connectivity index (χ1) is 27.9. The summed E-state index contributed by atoms with van der Waals surface area (Å²) in [6.45, 7) is 2.40. The van der Waals surface area contributed by atoms with Crippen molar-refractivity contribution in [3.05, 3.63) is 167 Å². The van der Waals surface area contributed by atoms with Crippen LogP contribution in [0.5, 0.6) is 5.75 Å². The molecule has 0 unspecified atom stereocenters. The van der Waals surface area contributed by atoms with E-state index in [0.29, 0.717) is 41.5 Å². The lowest BCUT2D eigenvalue weighted by molar-refractivity contribution is -0.144. The lowest BCUT2D eigenvalue weighted by Gasteiger charge is -2.55. The third kappa shape index (κ3) is 5.50. The Morgan fingerprint density at radius 2 is 1.37 bits per heavy atom. The molecule has 3 fully saturated rings. The number of aromatic hydroxyl groups is 1. The van der Waals surface area contributed by atoms with E-state index in [1.54, 1.807) is 11.0 Å². The Hall–Kier alpha value is -5.92. The number of nitrogens with zero attached hydrogens (tertiary/aromatic N) is 2. The van der Waals surface area contributed by atoms with E-state index in [1.165, 1.54) is 11.6 Å². The van der Waals surface area contributed by atoms with Crippen molar-refractivity contribution in [3.8, 4) is 5.75 Å².